The Labute approximate surface area is 117 Å². The van der Waals surface area contributed by atoms with E-state index in [9.17, 15) is 4.79 Å². The van der Waals surface area contributed by atoms with E-state index in [2.05, 4.69) is 30.8 Å². The van der Waals surface area contributed by atoms with Crippen molar-refractivity contribution in [1.29, 1.82) is 0 Å². The predicted molar refractivity (Wildman–Crippen MR) is 78.2 cm³/mol. The zero-order valence-corrected chi connectivity index (χ0v) is 12.7. The molecule has 0 fully saturated rings. The summed E-state index contributed by atoms with van der Waals surface area (Å²) in [5, 5.41) is 12.6. The van der Waals surface area contributed by atoms with Crippen LogP contribution < -0.4 is 16.3 Å². The van der Waals surface area contributed by atoms with Gasteiger partial charge in [-0.05, 0) is 41.5 Å². The van der Waals surface area contributed by atoms with Crippen molar-refractivity contribution in [3.05, 3.63) is 10.5 Å². The number of nitrogens with one attached hydrogen (secondary N) is 3. The number of hydrogen-bond acceptors (Lipinski definition) is 6. The molecule has 0 saturated carbocycles. The molecule has 0 aliphatic rings. The quantitative estimate of drug-likeness (QED) is 0.764. The maximum absolute atomic E-state index is 11.8. The fourth-order valence-electron chi connectivity index (χ4n) is 1.64. The van der Waals surface area contributed by atoms with Crippen LogP contribution in [0.25, 0.3) is 5.78 Å². The second-order valence-corrected chi connectivity index (χ2v) is 6.78. The third-order valence-electron chi connectivity index (χ3n) is 2.26. The Kier molecular flexibility index (Phi) is 3.19. The molecule has 0 radical (unpaired) electrons. The van der Waals surface area contributed by atoms with Gasteiger partial charge < -0.3 is 10.6 Å². The van der Waals surface area contributed by atoms with Crippen molar-refractivity contribution < 1.29 is 0 Å². The molecule has 0 amide bonds. The Morgan fingerprint density at radius 3 is 2.15 bits per heavy atom. The third-order valence-corrected chi connectivity index (χ3v) is 2.26. The molecule has 0 bridgehead atoms. The molecule has 0 unspecified atom stereocenters. The lowest BCUT2D eigenvalue weighted by Gasteiger charge is -2.23. The van der Waals surface area contributed by atoms with Gasteiger partial charge in [-0.15, -0.1) is 5.10 Å². The topological polar surface area (TPSA) is 100 Å². The lowest BCUT2D eigenvalue weighted by Crippen LogP contribution is -2.32. The van der Waals surface area contributed by atoms with Crippen molar-refractivity contribution >= 4 is 17.7 Å². The van der Waals surface area contributed by atoms with Crippen LogP contribution in [0.5, 0.6) is 0 Å². The average Bonchev–Trinajstić information content (AvgIpc) is 2.55. The van der Waals surface area contributed by atoms with E-state index in [1.54, 1.807) is 0 Å². The molecule has 2 aromatic heterocycles. The normalized spacial score (nSPS) is 12.7. The number of fused-ring (bicyclic) bond motifs is 1. The predicted octanol–water partition coefficient (Wildman–Crippen LogP) is 1.23. The van der Waals surface area contributed by atoms with Crippen molar-refractivity contribution in [2.24, 2.45) is 0 Å². The molecular weight excluding hydrogens is 258 g/mol. The zero-order chi connectivity index (χ0) is 15.1. The molecule has 8 heteroatoms. The first-order chi connectivity index (χ1) is 9.05. The highest BCUT2D eigenvalue weighted by Crippen LogP contribution is 2.16. The van der Waals surface area contributed by atoms with Gasteiger partial charge in [0.05, 0.1) is 0 Å². The maximum Gasteiger partial charge on any atom is 0.351 e. The van der Waals surface area contributed by atoms with Crippen LogP contribution in [-0.2, 0) is 0 Å². The van der Waals surface area contributed by atoms with Crippen LogP contribution in [-0.4, -0.2) is 35.6 Å². The van der Waals surface area contributed by atoms with E-state index in [0.717, 1.165) is 0 Å². The highest BCUT2D eigenvalue weighted by atomic mass is 16.1. The van der Waals surface area contributed by atoms with Crippen LogP contribution in [0.1, 0.15) is 41.5 Å². The van der Waals surface area contributed by atoms with E-state index in [1.165, 1.54) is 4.40 Å². The molecule has 2 rings (SSSR count). The van der Waals surface area contributed by atoms with Crippen LogP contribution in [0.2, 0.25) is 0 Å². The minimum Gasteiger partial charge on any atom is -0.350 e. The van der Waals surface area contributed by atoms with Gasteiger partial charge in [-0.2, -0.15) is 14.4 Å². The molecular formula is C12H21N7O. The van der Waals surface area contributed by atoms with Gasteiger partial charge in [-0.3, -0.25) is 0 Å². The van der Waals surface area contributed by atoms with Crippen LogP contribution in [0.3, 0.4) is 0 Å². The molecule has 0 aliphatic heterocycles. The van der Waals surface area contributed by atoms with Crippen LogP contribution in [0.4, 0.5) is 11.9 Å². The van der Waals surface area contributed by atoms with Gasteiger partial charge in [0.25, 0.3) is 5.78 Å². The van der Waals surface area contributed by atoms with Crippen molar-refractivity contribution in [2.75, 3.05) is 10.6 Å². The van der Waals surface area contributed by atoms with Gasteiger partial charge >= 0.3 is 5.69 Å². The number of hydrogen-bond donors (Lipinski definition) is 3. The standard InChI is InChI=1S/C12H21N7O/c1-11(2,3)15-7-13-8(16-12(4,5)6)19-9(14-7)17-18-10(19)20/h1-6H3,(H,18,20)(H2,13,14,15,16,17). The zero-order valence-electron chi connectivity index (χ0n) is 12.7. The summed E-state index contributed by atoms with van der Waals surface area (Å²) in [4.78, 5) is 20.4. The minimum atomic E-state index is -0.367. The van der Waals surface area contributed by atoms with E-state index in [4.69, 9.17) is 0 Å². The maximum atomic E-state index is 11.8. The van der Waals surface area contributed by atoms with Crippen LogP contribution >= 0.6 is 0 Å². The van der Waals surface area contributed by atoms with Gasteiger partial charge in [0.15, 0.2) is 0 Å². The number of H-pyrrole nitrogens is 1. The summed E-state index contributed by atoms with van der Waals surface area (Å²) in [6.45, 7) is 12.0. The number of rotatable bonds is 2. The van der Waals surface area contributed by atoms with Gasteiger partial charge in [0.1, 0.15) is 0 Å². The summed E-state index contributed by atoms with van der Waals surface area (Å²) >= 11 is 0. The first kappa shape index (κ1) is 14.3. The first-order valence-electron chi connectivity index (χ1n) is 6.47. The van der Waals surface area contributed by atoms with Crippen molar-refractivity contribution in [3.8, 4) is 0 Å². The van der Waals surface area contributed by atoms with Gasteiger partial charge in [0.2, 0.25) is 11.9 Å². The lowest BCUT2D eigenvalue weighted by atomic mass is 10.1. The smallest absolute Gasteiger partial charge is 0.350 e. The van der Waals surface area contributed by atoms with Crippen LogP contribution in [0, 0.1) is 0 Å². The SMILES string of the molecule is CC(C)(C)Nc1nc(NC(C)(C)C)n2c(=O)[nH]nc2n1. The van der Waals surface area contributed by atoms with E-state index >= 15 is 0 Å². The van der Waals surface area contributed by atoms with E-state index in [0.29, 0.717) is 11.9 Å². The Balaban J connectivity index is 2.56. The molecule has 0 aliphatic carbocycles. The molecule has 110 valence electrons. The van der Waals surface area contributed by atoms with E-state index in [-0.39, 0.29) is 22.5 Å². The summed E-state index contributed by atoms with van der Waals surface area (Å²) in [5.74, 6) is 1.12. The Bertz CT molecular complexity index is 672. The van der Waals surface area contributed by atoms with Gasteiger partial charge in [-0.25, -0.2) is 9.89 Å². The second kappa shape index (κ2) is 4.46. The highest BCUT2D eigenvalue weighted by Gasteiger charge is 2.19. The Morgan fingerprint density at radius 2 is 1.60 bits per heavy atom. The molecule has 2 aromatic rings. The Morgan fingerprint density at radius 1 is 1.00 bits per heavy atom. The molecule has 2 heterocycles. The second-order valence-electron chi connectivity index (χ2n) is 6.78. The van der Waals surface area contributed by atoms with Crippen molar-refractivity contribution in [1.82, 2.24) is 24.6 Å². The number of anilines is 2. The lowest BCUT2D eigenvalue weighted by molar-refractivity contribution is 0.614. The van der Waals surface area contributed by atoms with Crippen LogP contribution in [0.15, 0.2) is 4.79 Å². The summed E-state index contributed by atoms with van der Waals surface area (Å²) in [6.07, 6.45) is 0. The monoisotopic (exact) mass is 279 g/mol. The molecule has 20 heavy (non-hydrogen) atoms. The summed E-state index contributed by atoms with van der Waals surface area (Å²) < 4.78 is 1.32. The molecule has 3 N–H and O–H groups in total. The number of aromatic nitrogens is 5. The molecule has 0 aromatic carbocycles. The Hall–Kier alpha value is -2.12. The van der Waals surface area contributed by atoms with Crippen molar-refractivity contribution in [2.45, 2.75) is 52.6 Å². The van der Waals surface area contributed by atoms with Crippen molar-refractivity contribution in [3.63, 3.8) is 0 Å². The molecule has 8 nitrogen and oxygen atoms in total. The molecule has 0 saturated heterocycles. The largest absolute Gasteiger partial charge is 0.351 e. The molecule has 0 spiro atoms. The summed E-state index contributed by atoms with van der Waals surface area (Å²) in [6, 6.07) is 0. The minimum absolute atomic E-state index is 0.187. The first-order valence-corrected chi connectivity index (χ1v) is 6.47. The van der Waals surface area contributed by atoms with Gasteiger partial charge in [0, 0.05) is 11.1 Å². The average molecular weight is 279 g/mol. The van der Waals surface area contributed by atoms with E-state index < -0.39 is 0 Å². The fourth-order valence-corrected chi connectivity index (χ4v) is 1.64. The van der Waals surface area contributed by atoms with E-state index in [1.807, 2.05) is 41.5 Å². The third kappa shape index (κ3) is 3.25. The fraction of sp³-hybridized carbons (Fsp3) is 0.667. The summed E-state index contributed by atoms with van der Waals surface area (Å²) in [5.41, 5.74) is -0.792. The van der Waals surface area contributed by atoms with Gasteiger partial charge in [-0.1, -0.05) is 0 Å². The highest BCUT2D eigenvalue weighted by molar-refractivity contribution is 5.46. The summed E-state index contributed by atoms with van der Waals surface area (Å²) in [7, 11) is 0. The number of aromatic amines is 1. The number of nitrogens with zero attached hydrogens (tertiary/aromatic N) is 4. The molecule has 0 atom stereocenters.